The summed E-state index contributed by atoms with van der Waals surface area (Å²) >= 11 is 7.93. The predicted octanol–water partition coefficient (Wildman–Crippen LogP) is 4.74. The van der Waals surface area contributed by atoms with Crippen LogP contribution in [0, 0.1) is 13.8 Å². The average molecular weight is 402 g/mol. The minimum absolute atomic E-state index is 0.420. The molecule has 3 aromatic rings. The zero-order valence-electron chi connectivity index (χ0n) is 15.9. The van der Waals surface area contributed by atoms with Crippen LogP contribution in [-0.4, -0.2) is 38.2 Å². The first kappa shape index (κ1) is 18.6. The number of halogens is 1. The van der Waals surface area contributed by atoms with Crippen LogP contribution < -0.4 is 0 Å². The van der Waals surface area contributed by atoms with E-state index in [1.807, 2.05) is 10.7 Å². The molecule has 1 aliphatic heterocycles. The van der Waals surface area contributed by atoms with E-state index >= 15 is 0 Å². The van der Waals surface area contributed by atoms with E-state index < -0.39 is 5.54 Å². The Kier molecular flexibility index (Phi) is 5.05. The number of para-hydroxylation sites is 1. The van der Waals surface area contributed by atoms with Crippen molar-refractivity contribution in [1.29, 1.82) is 0 Å². The normalized spacial score (nSPS) is 17.8. The third-order valence-electron chi connectivity index (χ3n) is 5.60. The SMILES string of the molecule is Cc1cccc(C)c1-n1nnnc1C(C)(c1ccc(Cl)s1)N1CCCCC1. The lowest BCUT2D eigenvalue weighted by molar-refractivity contribution is 0.105. The predicted molar refractivity (Wildman–Crippen MR) is 110 cm³/mol. The minimum atomic E-state index is -0.420. The number of tetrazole rings is 1. The number of piperidine rings is 1. The Hall–Kier alpha value is -1.76. The summed E-state index contributed by atoms with van der Waals surface area (Å²) in [4.78, 5) is 3.69. The van der Waals surface area contributed by atoms with Gasteiger partial charge in [0.05, 0.1) is 10.0 Å². The highest BCUT2D eigenvalue weighted by Gasteiger charge is 2.42. The van der Waals surface area contributed by atoms with E-state index in [-0.39, 0.29) is 0 Å². The first-order valence-corrected chi connectivity index (χ1v) is 10.6. The van der Waals surface area contributed by atoms with Crippen molar-refractivity contribution in [3.05, 3.63) is 56.5 Å². The highest BCUT2D eigenvalue weighted by molar-refractivity contribution is 7.16. The summed E-state index contributed by atoms with van der Waals surface area (Å²) in [5.41, 5.74) is 2.96. The van der Waals surface area contributed by atoms with Gasteiger partial charge in [-0.25, -0.2) is 0 Å². The van der Waals surface area contributed by atoms with Crippen LogP contribution in [0.15, 0.2) is 30.3 Å². The van der Waals surface area contributed by atoms with Crippen LogP contribution in [0.4, 0.5) is 0 Å². The summed E-state index contributed by atoms with van der Waals surface area (Å²) < 4.78 is 2.71. The van der Waals surface area contributed by atoms with Gasteiger partial charge < -0.3 is 0 Å². The van der Waals surface area contributed by atoms with Crippen molar-refractivity contribution in [1.82, 2.24) is 25.1 Å². The molecule has 0 spiro atoms. The summed E-state index contributed by atoms with van der Waals surface area (Å²) in [5, 5.41) is 13.0. The quantitative estimate of drug-likeness (QED) is 0.633. The smallest absolute Gasteiger partial charge is 0.182 e. The van der Waals surface area contributed by atoms with Gasteiger partial charge in [0.15, 0.2) is 5.82 Å². The molecule has 0 N–H and O–H groups in total. The summed E-state index contributed by atoms with van der Waals surface area (Å²) in [6, 6.07) is 10.4. The van der Waals surface area contributed by atoms with Crippen LogP contribution in [0.1, 0.15) is 48.0 Å². The van der Waals surface area contributed by atoms with Crippen LogP contribution in [0.2, 0.25) is 4.34 Å². The molecule has 3 heterocycles. The molecular weight excluding hydrogens is 378 g/mol. The van der Waals surface area contributed by atoms with Crippen LogP contribution in [0.5, 0.6) is 0 Å². The van der Waals surface area contributed by atoms with Gasteiger partial charge >= 0.3 is 0 Å². The number of hydrogen-bond donors (Lipinski definition) is 0. The number of thiophene rings is 1. The van der Waals surface area contributed by atoms with Crippen LogP contribution in [-0.2, 0) is 5.54 Å². The van der Waals surface area contributed by atoms with Gasteiger partial charge in [-0.1, -0.05) is 36.2 Å². The second-order valence-electron chi connectivity index (χ2n) is 7.38. The Morgan fingerprint density at radius 2 is 1.74 bits per heavy atom. The zero-order valence-corrected chi connectivity index (χ0v) is 17.5. The maximum atomic E-state index is 6.32. The minimum Gasteiger partial charge on any atom is -0.287 e. The fourth-order valence-corrected chi connectivity index (χ4v) is 5.32. The molecule has 2 aromatic heterocycles. The summed E-state index contributed by atoms with van der Waals surface area (Å²) in [5.74, 6) is 0.848. The maximum absolute atomic E-state index is 6.32. The Morgan fingerprint density at radius 3 is 2.37 bits per heavy atom. The summed E-state index contributed by atoms with van der Waals surface area (Å²) in [6.07, 6.45) is 3.67. The average Bonchev–Trinajstić information content (AvgIpc) is 3.32. The molecule has 0 aliphatic carbocycles. The number of likely N-dealkylation sites (tertiary alicyclic amines) is 1. The molecule has 1 atom stereocenters. The van der Waals surface area contributed by atoms with E-state index in [4.69, 9.17) is 11.6 Å². The van der Waals surface area contributed by atoms with E-state index in [1.165, 1.54) is 24.1 Å². The molecule has 0 amide bonds. The topological polar surface area (TPSA) is 46.8 Å². The van der Waals surface area contributed by atoms with E-state index in [0.717, 1.165) is 40.1 Å². The highest BCUT2D eigenvalue weighted by atomic mass is 35.5. The number of aromatic nitrogens is 4. The van der Waals surface area contributed by atoms with E-state index in [9.17, 15) is 0 Å². The van der Waals surface area contributed by atoms with Crippen LogP contribution in [0.3, 0.4) is 0 Å². The first-order valence-electron chi connectivity index (χ1n) is 9.38. The van der Waals surface area contributed by atoms with Crippen molar-refractivity contribution in [2.45, 2.75) is 45.6 Å². The Labute approximate surface area is 169 Å². The third kappa shape index (κ3) is 3.20. The Balaban J connectivity index is 1.91. The number of nitrogens with zero attached hydrogens (tertiary/aromatic N) is 5. The summed E-state index contributed by atoms with van der Waals surface area (Å²) in [6.45, 7) is 8.51. The first-order chi connectivity index (χ1) is 13.0. The Bertz CT molecular complexity index is 923. The third-order valence-corrected chi connectivity index (χ3v) is 7.04. The summed E-state index contributed by atoms with van der Waals surface area (Å²) in [7, 11) is 0. The lowest BCUT2D eigenvalue weighted by Gasteiger charge is -2.41. The second-order valence-corrected chi connectivity index (χ2v) is 9.09. The van der Waals surface area contributed by atoms with Crippen molar-refractivity contribution in [3.63, 3.8) is 0 Å². The lowest BCUT2D eigenvalue weighted by Crippen LogP contribution is -2.48. The molecule has 0 radical (unpaired) electrons. The molecule has 4 rings (SSSR count). The number of benzene rings is 1. The van der Waals surface area contributed by atoms with Gasteiger partial charge in [-0.15, -0.1) is 16.4 Å². The van der Waals surface area contributed by atoms with Gasteiger partial charge in [0, 0.05) is 4.88 Å². The molecule has 0 bridgehead atoms. The van der Waals surface area contributed by atoms with Crippen molar-refractivity contribution in [2.75, 3.05) is 13.1 Å². The van der Waals surface area contributed by atoms with Gasteiger partial charge in [0.25, 0.3) is 0 Å². The fourth-order valence-electron chi connectivity index (χ4n) is 4.11. The molecule has 1 aromatic carbocycles. The van der Waals surface area contributed by atoms with Crippen LogP contribution >= 0.6 is 22.9 Å². The van der Waals surface area contributed by atoms with Gasteiger partial charge in [0.2, 0.25) is 0 Å². The number of rotatable bonds is 4. The largest absolute Gasteiger partial charge is 0.287 e. The molecule has 1 fully saturated rings. The van der Waals surface area contributed by atoms with Gasteiger partial charge in [0.1, 0.15) is 5.54 Å². The van der Waals surface area contributed by atoms with E-state index in [2.05, 4.69) is 65.5 Å². The lowest BCUT2D eigenvalue weighted by atomic mass is 9.93. The number of aryl methyl sites for hydroxylation is 2. The molecule has 142 valence electrons. The molecule has 1 aliphatic rings. The van der Waals surface area contributed by atoms with E-state index in [1.54, 1.807) is 11.3 Å². The monoisotopic (exact) mass is 401 g/mol. The van der Waals surface area contributed by atoms with Crippen molar-refractivity contribution in [2.24, 2.45) is 0 Å². The van der Waals surface area contributed by atoms with Crippen molar-refractivity contribution >= 4 is 22.9 Å². The van der Waals surface area contributed by atoms with Gasteiger partial charge in [-0.3, -0.25) is 4.90 Å². The maximum Gasteiger partial charge on any atom is 0.182 e. The van der Waals surface area contributed by atoms with Gasteiger partial charge in [-0.2, -0.15) is 4.68 Å². The zero-order chi connectivity index (χ0) is 19.0. The van der Waals surface area contributed by atoms with Crippen molar-refractivity contribution < 1.29 is 0 Å². The molecule has 27 heavy (non-hydrogen) atoms. The molecule has 0 saturated carbocycles. The highest BCUT2D eigenvalue weighted by Crippen LogP contribution is 2.41. The second kappa shape index (κ2) is 7.34. The molecule has 7 heteroatoms. The standard InChI is InChI=1S/C20H24ClN5S/c1-14-8-7-9-15(2)18(14)26-19(22-23-24-26)20(3,16-10-11-17(21)27-16)25-12-5-4-6-13-25/h7-11H,4-6,12-13H2,1-3H3. The number of hydrogen-bond acceptors (Lipinski definition) is 5. The molecule has 1 unspecified atom stereocenters. The van der Waals surface area contributed by atoms with Gasteiger partial charge in [-0.05, 0) is 80.4 Å². The fraction of sp³-hybridized carbons (Fsp3) is 0.450. The van der Waals surface area contributed by atoms with E-state index in [0.29, 0.717) is 0 Å². The molecule has 5 nitrogen and oxygen atoms in total. The van der Waals surface area contributed by atoms with Crippen LogP contribution in [0.25, 0.3) is 5.69 Å². The molecule has 1 saturated heterocycles. The van der Waals surface area contributed by atoms with Crippen molar-refractivity contribution in [3.8, 4) is 5.69 Å². The molecular formula is C20H24ClN5S. The Morgan fingerprint density at radius 1 is 1.04 bits per heavy atom.